The molecule has 1 heterocycles. The molecule has 154 valence electrons. The molecule has 8 heteroatoms. The van der Waals surface area contributed by atoms with Crippen LogP contribution >= 0.6 is 11.6 Å². The van der Waals surface area contributed by atoms with Crippen molar-refractivity contribution in [3.63, 3.8) is 0 Å². The Hall–Kier alpha value is -2.25. The number of aliphatic imine (C=N–C) groups is 1. The van der Waals surface area contributed by atoms with Gasteiger partial charge in [0.05, 0.1) is 25.4 Å². The van der Waals surface area contributed by atoms with Gasteiger partial charge in [-0.15, -0.1) is 0 Å². The van der Waals surface area contributed by atoms with Crippen molar-refractivity contribution >= 4 is 17.6 Å². The Morgan fingerprint density at radius 2 is 1.96 bits per heavy atom. The minimum atomic E-state index is 0.547. The van der Waals surface area contributed by atoms with Crippen molar-refractivity contribution in [1.29, 1.82) is 0 Å². The minimum Gasteiger partial charge on any atom is -0.492 e. The molecule has 0 aliphatic carbocycles. The van der Waals surface area contributed by atoms with Gasteiger partial charge in [0.1, 0.15) is 12.4 Å². The second-order valence-electron chi connectivity index (χ2n) is 6.49. The Bertz CT molecular complexity index is 774. The minimum absolute atomic E-state index is 0.547. The number of benzene rings is 1. The largest absolute Gasteiger partial charge is 0.492 e. The van der Waals surface area contributed by atoms with Gasteiger partial charge in [-0.25, -0.2) is 0 Å². The summed E-state index contributed by atoms with van der Waals surface area (Å²) in [5.74, 6) is 1.61. The molecule has 0 fully saturated rings. The van der Waals surface area contributed by atoms with Crippen LogP contribution in [0.3, 0.4) is 0 Å². The Labute approximate surface area is 172 Å². The lowest BCUT2D eigenvalue weighted by Crippen LogP contribution is -2.40. The van der Waals surface area contributed by atoms with E-state index in [0.717, 1.165) is 29.6 Å². The maximum absolute atomic E-state index is 5.89. The van der Waals surface area contributed by atoms with Crippen molar-refractivity contribution in [2.45, 2.75) is 26.9 Å². The fraction of sp³-hybridized carbons (Fsp3) is 0.500. The number of methoxy groups -OCH3 is 1. The molecule has 0 unspecified atom stereocenters. The molecule has 0 saturated heterocycles. The van der Waals surface area contributed by atoms with Crippen molar-refractivity contribution in [2.75, 3.05) is 41.0 Å². The number of guanidine groups is 1. The second-order valence-corrected chi connectivity index (χ2v) is 6.93. The lowest BCUT2D eigenvalue weighted by molar-refractivity contribution is 0.182. The molecule has 7 nitrogen and oxygen atoms in total. The highest BCUT2D eigenvalue weighted by molar-refractivity contribution is 6.30. The van der Waals surface area contributed by atoms with Crippen LogP contribution < -0.4 is 10.1 Å². The van der Waals surface area contributed by atoms with E-state index < -0.39 is 0 Å². The summed E-state index contributed by atoms with van der Waals surface area (Å²) >= 11 is 5.89. The smallest absolute Gasteiger partial charge is 0.193 e. The molecule has 0 aliphatic heterocycles. The third kappa shape index (κ3) is 6.14. The molecule has 0 radical (unpaired) electrons. The molecule has 0 spiro atoms. The SMILES string of the molecule is CN=C(NCc1c(C)nn(CCOC)c1C)N(C)CCOc1ccc(Cl)cc1. The molecule has 1 N–H and O–H groups in total. The van der Waals surface area contributed by atoms with Crippen LogP contribution in [0.2, 0.25) is 5.02 Å². The topological polar surface area (TPSA) is 63.9 Å². The van der Waals surface area contributed by atoms with E-state index >= 15 is 0 Å². The van der Waals surface area contributed by atoms with E-state index in [0.29, 0.717) is 31.3 Å². The van der Waals surface area contributed by atoms with Gasteiger partial charge in [-0.1, -0.05) is 11.6 Å². The number of rotatable bonds is 9. The van der Waals surface area contributed by atoms with Crippen molar-refractivity contribution in [2.24, 2.45) is 4.99 Å². The molecular weight excluding hydrogens is 378 g/mol. The zero-order valence-electron chi connectivity index (χ0n) is 17.3. The third-order valence-corrected chi connectivity index (χ3v) is 4.80. The average molecular weight is 408 g/mol. The van der Waals surface area contributed by atoms with Crippen LogP contribution in [-0.2, 0) is 17.8 Å². The van der Waals surface area contributed by atoms with Gasteiger partial charge < -0.3 is 19.7 Å². The predicted molar refractivity (Wildman–Crippen MR) is 113 cm³/mol. The highest BCUT2D eigenvalue weighted by Gasteiger charge is 2.13. The van der Waals surface area contributed by atoms with Gasteiger partial charge in [0, 0.05) is 44.0 Å². The summed E-state index contributed by atoms with van der Waals surface area (Å²) in [5.41, 5.74) is 3.35. The number of ether oxygens (including phenoxy) is 2. The van der Waals surface area contributed by atoms with Crippen molar-refractivity contribution in [3.05, 3.63) is 46.2 Å². The highest BCUT2D eigenvalue weighted by atomic mass is 35.5. The summed E-state index contributed by atoms with van der Waals surface area (Å²) < 4.78 is 12.9. The predicted octanol–water partition coefficient (Wildman–Crippen LogP) is 2.89. The normalized spacial score (nSPS) is 11.6. The summed E-state index contributed by atoms with van der Waals surface area (Å²) in [7, 11) is 5.47. The van der Waals surface area contributed by atoms with Crippen LogP contribution in [0.15, 0.2) is 29.3 Å². The molecule has 28 heavy (non-hydrogen) atoms. The number of nitrogens with zero attached hydrogens (tertiary/aromatic N) is 4. The number of halogens is 1. The standard InChI is InChI=1S/C20H30ClN5O2/c1-15-19(16(2)26(24-15)11-12-27-5)14-23-20(22-3)25(4)10-13-28-18-8-6-17(21)7-9-18/h6-9H,10-14H2,1-5H3,(H,22,23). The van der Waals surface area contributed by atoms with Gasteiger partial charge in [-0.3, -0.25) is 9.67 Å². The fourth-order valence-electron chi connectivity index (χ4n) is 2.87. The van der Waals surface area contributed by atoms with E-state index in [1.165, 1.54) is 5.56 Å². The van der Waals surface area contributed by atoms with Gasteiger partial charge in [0.15, 0.2) is 5.96 Å². The highest BCUT2D eigenvalue weighted by Crippen LogP contribution is 2.15. The first-order chi connectivity index (χ1) is 13.5. The molecular formula is C20H30ClN5O2. The first kappa shape index (κ1) is 22.0. The van der Waals surface area contributed by atoms with Gasteiger partial charge >= 0.3 is 0 Å². The van der Waals surface area contributed by atoms with Crippen LogP contribution in [0.5, 0.6) is 5.75 Å². The number of hydrogen-bond acceptors (Lipinski definition) is 4. The lowest BCUT2D eigenvalue weighted by Gasteiger charge is -2.22. The second kappa shape index (κ2) is 10.9. The van der Waals surface area contributed by atoms with E-state index in [1.807, 2.05) is 47.8 Å². The maximum atomic E-state index is 5.89. The Kier molecular flexibility index (Phi) is 8.60. The summed E-state index contributed by atoms with van der Waals surface area (Å²) in [4.78, 5) is 6.40. The molecule has 0 atom stereocenters. The van der Waals surface area contributed by atoms with Crippen molar-refractivity contribution in [3.8, 4) is 5.75 Å². The molecule has 1 aromatic carbocycles. The first-order valence-corrected chi connectivity index (χ1v) is 9.66. The number of nitrogens with one attached hydrogen (secondary N) is 1. The van der Waals surface area contributed by atoms with E-state index in [4.69, 9.17) is 21.1 Å². The Balaban J connectivity index is 1.86. The number of hydrogen-bond donors (Lipinski definition) is 1. The third-order valence-electron chi connectivity index (χ3n) is 4.54. The van der Waals surface area contributed by atoms with Crippen LogP contribution in [0, 0.1) is 13.8 Å². The lowest BCUT2D eigenvalue weighted by atomic mass is 10.2. The van der Waals surface area contributed by atoms with Gasteiger partial charge in [-0.05, 0) is 38.1 Å². The van der Waals surface area contributed by atoms with E-state index in [-0.39, 0.29) is 0 Å². The Morgan fingerprint density at radius 1 is 1.25 bits per heavy atom. The number of likely N-dealkylation sites (N-methyl/N-ethyl adjacent to an activating group) is 1. The van der Waals surface area contributed by atoms with Crippen LogP contribution in [0.1, 0.15) is 17.0 Å². The summed E-state index contributed by atoms with van der Waals surface area (Å²) in [6, 6.07) is 7.36. The Morgan fingerprint density at radius 3 is 2.61 bits per heavy atom. The van der Waals surface area contributed by atoms with Gasteiger partial charge in [0.25, 0.3) is 0 Å². The molecule has 0 amide bonds. The number of aromatic nitrogens is 2. The monoisotopic (exact) mass is 407 g/mol. The zero-order chi connectivity index (χ0) is 20.5. The quantitative estimate of drug-likeness (QED) is 0.511. The molecule has 2 aromatic rings. The molecule has 2 rings (SSSR count). The van der Waals surface area contributed by atoms with E-state index in [2.05, 4.69) is 22.3 Å². The summed E-state index contributed by atoms with van der Waals surface area (Å²) in [6.45, 7) is 7.42. The van der Waals surface area contributed by atoms with Crippen LogP contribution in [0.4, 0.5) is 0 Å². The fourth-order valence-corrected chi connectivity index (χ4v) is 3.00. The maximum Gasteiger partial charge on any atom is 0.193 e. The number of aryl methyl sites for hydroxylation is 1. The molecule has 0 bridgehead atoms. The molecule has 0 saturated carbocycles. The van der Waals surface area contributed by atoms with E-state index in [9.17, 15) is 0 Å². The van der Waals surface area contributed by atoms with Crippen LogP contribution in [0.25, 0.3) is 0 Å². The first-order valence-electron chi connectivity index (χ1n) is 9.28. The average Bonchev–Trinajstić information content (AvgIpc) is 2.95. The summed E-state index contributed by atoms with van der Waals surface area (Å²) in [5, 5.41) is 8.71. The van der Waals surface area contributed by atoms with Crippen molar-refractivity contribution < 1.29 is 9.47 Å². The molecule has 0 aliphatic rings. The van der Waals surface area contributed by atoms with Gasteiger partial charge in [-0.2, -0.15) is 5.10 Å². The zero-order valence-corrected chi connectivity index (χ0v) is 18.1. The van der Waals surface area contributed by atoms with Crippen molar-refractivity contribution in [1.82, 2.24) is 20.0 Å². The van der Waals surface area contributed by atoms with Gasteiger partial charge in [0.2, 0.25) is 0 Å². The van der Waals surface area contributed by atoms with Crippen LogP contribution in [-0.4, -0.2) is 61.6 Å². The van der Waals surface area contributed by atoms with E-state index in [1.54, 1.807) is 14.2 Å². The summed E-state index contributed by atoms with van der Waals surface area (Å²) in [6.07, 6.45) is 0. The molecule has 1 aromatic heterocycles.